The van der Waals surface area contributed by atoms with Crippen molar-refractivity contribution in [2.75, 3.05) is 6.54 Å². The lowest BCUT2D eigenvalue weighted by Crippen LogP contribution is -2.32. The highest BCUT2D eigenvalue weighted by Crippen LogP contribution is 2.11. The molecule has 0 unspecified atom stereocenters. The highest BCUT2D eigenvalue weighted by Gasteiger charge is 2.12. The van der Waals surface area contributed by atoms with Gasteiger partial charge in [-0.05, 0) is 12.0 Å². The molecule has 1 aromatic carbocycles. The van der Waals surface area contributed by atoms with Gasteiger partial charge in [0.2, 0.25) is 5.88 Å². The molecule has 0 aliphatic rings. The third kappa shape index (κ3) is 4.15. The number of hydrogen-bond donors (Lipinski definition) is 2. The van der Waals surface area contributed by atoms with Gasteiger partial charge >= 0.3 is 5.69 Å². The number of hydrogen-bond acceptors (Lipinski definition) is 5. The Morgan fingerprint density at radius 3 is 2.77 bits per heavy atom. The molecule has 0 bridgehead atoms. The largest absolute Gasteiger partial charge is 0.494 e. The molecule has 134 valence electrons. The number of aliphatic imine (C=N–C) groups is 1. The van der Waals surface area contributed by atoms with Crippen LogP contribution in [0.4, 0.5) is 0 Å². The molecule has 0 aliphatic heterocycles. The van der Waals surface area contributed by atoms with E-state index in [1.54, 1.807) is 12.5 Å². The van der Waals surface area contributed by atoms with Crippen LogP contribution in [-0.4, -0.2) is 37.0 Å². The Labute approximate surface area is 149 Å². The van der Waals surface area contributed by atoms with Gasteiger partial charge in [-0.1, -0.05) is 30.3 Å². The summed E-state index contributed by atoms with van der Waals surface area (Å²) >= 11 is 0. The van der Waals surface area contributed by atoms with Crippen LogP contribution in [0.2, 0.25) is 0 Å². The molecule has 2 aromatic heterocycles. The van der Waals surface area contributed by atoms with E-state index in [0.29, 0.717) is 6.54 Å². The van der Waals surface area contributed by atoms with Crippen molar-refractivity contribution in [2.24, 2.45) is 4.99 Å². The summed E-state index contributed by atoms with van der Waals surface area (Å²) in [4.78, 5) is 34.4. The molecule has 0 atom stereocenters. The molecular formula is C18H19N5O3. The number of aromatic amines is 1. The predicted molar refractivity (Wildman–Crippen MR) is 97.8 cm³/mol. The molecule has 3 rings (SSSR count). The molecule has 0 fully saturated rings. The van der Waals surface area contributed by atoms with Gasteiger partial charge in [0.25, 0.3) is 5.56 Å². The third-order valence-corrected chi connectivity index (χ3v) is 3.87. The van der Waals surface area contributed by atoms with Gasteiger partial charge in [0.05, 0.1) is 12.9 Å². The number of benzene rings is 1. The fourth-order valence-electron chi connectivity index (χ4n) is 2.52. The van der Waals surface area contributed by atoms with Crippen molar-refractivity contribution in [3.05, 3.63) is 81.0 Å². The summed E-state index contributed by atoms with van der Waals surface area (Å²) in [5.41, 5.74) is -0.507. The van der Waals surface area contributed by atoms with Gasteiger partial charge < -0.3 is 9.67 Å². The highest BCUT2D eigenvalue weighted by molar-refractivity contribution is 5.81. The van der Waals surface area contributed by atoms with E-state index in [9.17, 15) is 14.7 Å². The molecule has 0 amide bonds. The molecule has 2 N–H and O–H groups in total. The summed E-state index contributed by atoms with van der Waals surface area (Å²) in [5, 5.41) is 10.4. The summed E-state index contributed by atoms with van der Waals surface area (Å²) in [6.07, 6.45) is 7.36. The van der Waals surface area contributed by atoms with Crippen LogP contribution >= 0.6 is 0 Å². The van der Waals surface area contributed by atoms with Gasteiger partial charge in [0, 0.05) is 31.7 Å². The molecule has 26 heavy (non-hydrogen) atoms. The summed E-state index contributed by atoms with van der Waals surface area (Å²) < 4.78 is 3.05. The average Bonchev–Trinajstić information content (AvgIpc) is 3.15. The number of rotatable bonds is 7. The maximum atomic E-state index is 12.0. The van der Waals surface area contributed by atoms with Gasteiger partial charge in [-0.3, -0.25) is 19.3 Å². The highest BCUT2D eigenvalue weighted by atomic mass is 16.3. The topological polar surface area (TPSA) is 105 Å². The molecule has 0 saturated heterocycles. The van der Waals surface area contributed by atoms with Crippen molar-refractivity contribution >= 4 is 6.21 Å². The monoisotopic (exact) mass is 353 g/mol. The molecule has 0 aliphatic carbocycles. The first kappa shape index (κ1) is 17.4. The lowest BCUT2D eigenvalue weighted by Gasteiger charge is -2.09. The fourth-order valence-corrected chi connectivity index (χ4v) is 2.52. The normalized spacial score (nSPS) is 11.2. The Hall–Kier alpha value is -3.42. The lowest BCUT2D eigenvalue weighted by molar-refractivity contribution is 0.408. The fraction of sp³-hybridized carbons (Fsp3) is 0.222. The molecule has 8 nitrogen and oxygen atoms in total. The Morgan fingerprint density at radius 1 is 1.23 bits per heavy atom. The standard InChI is InChI=1S/C18H19N5O3/c24-16-15(11-19-7-4-9-22-10-8-20-13-22)17(25)23(18(26)21-16)12-14-5-2-1-3-6-14/h1-3,5-6,8,10-11,13,25H,4,7,9,12H2,(H,21,24,26). The van der Waals surface area contributed by atoms with Gasteiger partial charge in [0.15, 0.2) is 0 Å². The van der Waals surface area contributed by atoms with Crippen LogP contribution in [0.5, 0.6) is 5.88 Å². The number of imidazole rings is 1. The van der Waals surface area contributed by atoms with Crippen molar-refractivity contribution in [3.8, 4) is 5.88 Å². The van der Waals surface area contributed by atoms with Crippen LogP contribution < -0.4 is 11.2 Å². The number of aryl methyl sites for hydroxylation is 1. The van der Waals surface area contributed by atoms with Crippen molar-refractivity contribution in [1.82, 2.24) is 19.1 Å². The minimum Gasteiger partial charge on any atom is -0.494 e. The second kappa shape index (κ2) is 8.11. The van der Waals surface area contributed by atoms with E-state index >= 15 is 0 Å². The summed E-state index contributed by atoms with van der Waals surface area (Å²) in [7, 11) is 0. The predicted octanol–water partition coefficient (Wildman–Crippen LogP) is 0.996. The summed E-state index contributed by atoms with van der Waals surface area (Å²) in [6, 6.07) is 9.21. The first-order valence-corrected chi connectivity index (χ1v) is 8.20. The van der Waals surface area contributed by atoms with Crippen molar-refractivity contribution < 1.29 is 5.11 Å². The maximum Gasteiger partial charge on any atom is 0.331 e. The first-order valence-electron chi connectivity index (χ1n) is 8.20. The second-order valence-electron chi connectivity index (χ2n) is 5.76. The van der Waals surface area contributed by atoms with Gasteiger partial charge in [-0.15, -0.1) is 0 Å². The number of nitrogens with zero attached hydrogens (tertiary/aromatic N) is 4. The van der Waals surface area contributed by atoms with E-state index in [1.165, 1.54) is 6.21 Å². The van der Waals surface area contributed by atoms with Crippen LogP contribution in [0.25, 0.3) is 0 Å². The van der Waals surface area contributed by atoms with E-state index in [-0.39, 0.29) is 18.0 Å². The first-order chi connectivity index (χ1) is 12.6. The number of H-pyrrole nitrogens is 1. The van der Waals surface area contributed by atoms with Crippen LogP contribution in [0.15, 0.2) is 63.6 Å². The minimum absolute atomic E-state index is 0.0249. The van der Waals surface area contributed by atoms with E-state index in [2.05, 4.69) is 15.0 Å². The van der Waals surface area contributed by atoms with Gasteiger partial charge in [0.1, 0.15) is 5.56 Å². The smallest absolute Gasteiger partial charge is 0.331 e. The van der Waals surface area contributed by atoms with E-state index in [4.69, 9.17) is 0 Å². The zero-order valence-electron chi connectivity index (χ0n) is 14.1. The molecule has 2 heterocycles. The van der Waals surface area contributed by atoms with Gasteiger partial charge in [-0.2, -0.15) is 0 Å². The van der Waals surface area contributed by atoms with Crippen LogP contribution in [0.1, 0.15) is 17.5 Å². The summed E-state index contributed by atoms with van der Waals surface area (Å²) in [5.74, 6) is -0.388. The lowest BCUT2D eigenvalue weighted by atomic mass is 10.2. The Morgan fingerprint density at radius 2 is 2.04 bits per heavy atom. The molecule has 0 spiro atoms. The molecule has 8 heteroatoms. The maximum absolute atomic E-state index is 12.0. The van der Waals surface area contributed by atoms with Crippen LogP contribution in [-0.2, 0) is 13.1 Å². The van der Waals surface area contributed by atoms with Crippen LogP contribution in [0, 0.1) is 0 Å². The van der Waals surface area contributed by atoms with E-state index in [0.717, 1.165) is 23.1 Å². The number of nitrogens with one attached hydrogen (secondary N) is 1. The minimum atomic E-state index is -0.659. The van der Waals surface area contributed by atoms with Crippen LogP contribution in [0.3, 0.4) is 0 Å². The van der Waals surface area contributed by atoms with Crippen molar-refractivity contribution in [3.63, 3.8) is 0 Å². The summed E-state index contributed by atoms with van der Waals surface area (Å²) in [6.45, 7) is 1.39. The van der Waals surface area contributed by atoms with E-state index < -0.39 is 11.2 Å². The SMILES string of the molecule is O=c1[nH]c(=O)n(Cc2ccccc2)c(O)c1C=NCCCn1ccnc1. The Bertz CT molecular complexity index is 988. The number of aromatic hydroxyl groups is 1. The second-order valence-corrected chi connectivity index (χ2v) is 5.76. The van der Waals surface area contributed by atoms with Crippen molar-refractivity contribution in [2.45, 2.75) is 19.5 Å². The quantitative estimate of drug-likeness (QED) is 0.488. The molecular weight excluding hydrogens is 334 g/mol. The Kier molecular flexibility index (Phi) is 5.43. The molecule has 3 aromatic rings. The zero-order chi connectivity index (χ0) is 18.4. The molecule has 0 saturated carbocycles. The van der Waals surface area contributed by atoms with E-state index in [1.807, 2.05) is 41.1 Å². The average molecular weight is 353 g/mol. The van der Waals surface area contributed by atoms with Gasteiger partial charge in [-0.25, -0.2) is 9.78 Å². The van der Waals surface area contributed by atoms with Crippen molar-refractivity contribution in [1.29, 1.82) is 0 Å². The zero-order valence-corrected chi connectivity index (χ0v) is 14.1. The third-order valence-electron chi connectivity index (χ3n) is 3.87. The molecule has 0 radical (unpaired) electrons. The number of aromatic nitrogens is 4. The Balaban J connectivity index is 1.74.